The maximum atomic E-state index is 5.77. The van der Waals surface area contributed by atoms with Crippen LogP contribution in [0.5, 0.6) is 17.2 Å². The van der Waals surface area contributed by atoms with Crippen molar-refractivity contribution in [2.24, 2.45) is 11.8 Å². The van der Waals surface area contributed by atoms with Crippen molar-refractivity contribution < 1.29 is 14.2 Å². The topological polar surface area (TPSA) is 30.9 Å². The molecule has 2 aromatic rings. The van der Waals surface area contributed by atoms with Gasteiger partial charge in [-0.2, -0.15) is 0 Å². The van der Waals surface area contributed by atoms with Gasteiger partial charge in [-0.15, -0.1) is 0 Å². The van der Waals surface area contributed by atoms with Gasteiger partial charge >= 0.3 is 0 Å². The van der Waals surface area contributed by atoms with Crippen molar-refractivity contribution in [1.29, 1.82) is 0 Å². The highest BCUT2D eigenvalue weighted by Crippen LogP contribution is 2.48. The molecule has 2 bridgehead atoms. The van der Waals surface area contributed by atoms with E-state index in [1.807, 2.05) is 6.07 Å². The summed E-state index contributed by atoms with van der Waals surface area (Å²) in [5.74, 6) is 5.28. The standard InChI is InChI=1S/C26H31NO3/c1-28-24-6-4-19(20-5-7-25-26(15-20)30-16-29-25)14-22(24)18-8-10-27(11-9-18)23-13-17-2-3-21(23)12-17/h4-7,14-15,17-18,21,23H,2-3,8-13,16H2,1H3/t17-,21?,23?/m1/s1. The normalized spacial score (nSPS) is 28.2. The van der Waals surface area contributed by atoms with Crippen LogP contribution in [0.1, 0.15) is 50.0 Å². The quantitative estimate of drug-likeness (QED) is 0.676. The SMILES string of the molecule is COc1ccc(-c2ccc3c(c2)OCO3)cc1C1CCN(C2C[C@@H]3CCC2C3)CC1. The highest BCUT2D eigenvalue weighted by molar-refractivity contribution is 5.69. The Bertz CT molecular complexity index is 934. The average Bonchev–Trinajstić information content (AvgIpc) is 3.55. The van der Waals surface area contributed by atoms with Crippen LogP contribution in [0.15, 0.2) is 36.4 Å². The molecule has 0 spiro atoms. The Labute approximate surface area is 179 Å². The van der Waals surface area contributed by atoms with Crippen molar-refractivity contribution in [3.8, 4) is 28.4 Å². The molecule has 2 heterocycles. The predicted molar refractivity (Wildman–Crippen MR) is 117 cm³/mol. The second-order valence-corrected chi connectivity index (χ2v) is 9.58. The molecule has 0 N–H and O–H groups in total. The summed E-state index contributed by atoms with van der Waals surface area (Å²) in [7, 11) is 1.80. The van der Waals surface area contributed by atoms with Gasteiger partial charge in [0.15, 0.2) is 11.5 Å². The van der Waals surface area contributed by atoms with Crippen LogP contribution in [0.4, 0.5) is 0 Å². The molecule has 2 saturated carbocycles. The summed E-state index contributed by atoms with van der Waals surface area (Å²) in [5, 5.41) is 0. The van der Waals surface area contributed by atoms with Gasteiger partial charge in [-0.1, -0.05) is 18.6 Å². The third-order valence-electron chi connectivity index (χ3n) is 8.07. The summed E-state index contributed by atoms with van der Waals surface area (Å²) >= 11 is 0. The molecule has 4 aliphatic rings. The fourth-order valence-electron chi connectivity index (χ4n) is 6.51. The van der Waals surface area contributed by atoms with E-state index in [0.717, 1.165) is 35.1 Å². The van der Waals surface area contributed by atoms with E-state index < -0.39 is 0 Å². The molecule has 0 amide bonds. The second-order valence-electron chi connectivity index (χ2n) is 9.58. The molecule has 30 heavy (non-hydrogen) atoms. The summed E-state index contributed by atoms with van der Waals surface area (Å²) < 4.78 is 16.8. The molecule has 1 saturated heterocycles. The molecule has 2 aromatic carbocycles. The third-order valence-corrected chi connectivity index (χ3v) is 8.07. The summed E-state index contributed by atoms with van der Waals surface area (Å²) in [6, 6.07) is 13.7. The van der Waals surface area contributed by atoms with Gasteiger partial charge in [0.05, 0.1) is 7.11 Å². The summed E-state index contributed by atoms with van der Waals surface area (Å²) in [6.07, 6.45) is 8.38. The van der Waals surface area contributed by atoms with Gasteiger partial charge in [-0.25, -0.2) is 0 Å². The number of hydrogen-bond acceptors (Lipinski definition) is 4. The molecular weight excluding hydrogens is 374 g/mol. The van der Waals surface area contributed by atoms with E-state index in [2.05, 4.69) is 35.2 Å². The van der Waals surface area contributed by atoms with E-state index >= 15 is 0 Å². The van der Waals surface area contributed by atoms with Crippen molar-refractivity contribution >= 4 is 0 Å². The molecule has 2 aliphatic carbocycles. The first kappa shape index (κ1) is 18.6. The third kappa shape index (κ3) is 3.17. The van der Waals surface area contributed by atoms with Crippen molar-refractivity contribution in [3.05, 3.63) is 42.0 Å². The average molecular weight is 406 g/mol. The largest absolute Gasteiger partial charge is 0.496 e. The Kier molecular flexibility index (Phi) is 4.63. The second kappa shape index (κ2) is 7.49. The van der Waals surface area contributed by atoms with E-state index in [1.165, 1.54) is 68.3 Å². The number of methoxy groups -OCH3 is 1. The van der Waals surface area contributed by atoms with Gasteiger partial charge < -0.3 is 19.1 Å². The van der Waals surface area contributed by atoms with Crippen LogP contribution >= 0.6 is 0 Å². The Morgan fingerprint density at radius 1 is 0.867 bits per heavy atom. The Morgan fingerprint density at radius 3 is 2.43 bits per heavy atom. The van der Waals surface area contributed by atoms with E-state index in [4.69, 9.17) is 14.2 Å². The van der Waals surface area contributed by atoms with E-state index in [9.17, 15) is 0 Å². The number of fused-ring (bicyclic) bond motifs is 3. The minimum Gasteiger partial charge on any atom is -0.496 e. The molecule has 6 rings (SSSR count). The monoisotopic (exact) mass is 405 g/mol. The van der Waals surface area contributed by atoms with E-state index in [-0.39, 0.29) is 0 Å². The van der Waals surface area contributed by atoms with Gasteiger partial charge in [-0.05, 0) is 104 Å². The first-order chi connectivity index (χ1) is 14.8. The van der Waals surface area contributed by atoms with Crippen molar-refractivity contribution in [2.45, 2.75) is 50.5 Å². The molecule has 3 atom stereocenters. The zero-order chi connectivity index (χ0) is 20.1. The molecule has 0 radical (unpaired) electrons. The van der Waals surface area contributed by atoms with Gasteiger partial charge in [0.2, 0.25) is 6.79 Å². The van der Waals surface area contributed by atoms with Crippen LogP contribution in [0.25, 0.3) is 11.1 Å². The molecular formula is C26H31NO3. The number of rotatable bonds is 4. The minimum atomic E-state index is 0.313. The van der Waals surface area contributed by atoms with Crippen molar-refractivity contribution in [1.82, 2.24) is 4.90 Å². The number of piperidine rings is 1. The van der Waals surface area contributed by atoms with Crippen LogP contribution in [-0.2, 0) is 0 Å². The van der Waals surface area contributed by atoms with Crippen LogP contribution < -0.4 is 14.2 Å². The van der Waals surface area contributed by atoms with Gasteiger partial charge in [-0.3, -0.25) is 0 Å². The number of benzene rings is 2. The number of hydrogen-bond donors (Lipinski definition) is 0. The lowest BCUT2D eigenvalue weighted by atomic mass is 9.85. The molecule has 4 nitrogen and oxygen atoms in total. The molecule has 4 heteroatoms. The van der Waals surface area contributed by atoms with Crippen LogP contribution in [0, 0.1) is 11.8 Å². The number of likely N-dealkylation sites (tertiary alicyclic amines) is 1. The maximum Gasteiger partial charge on any atom is 0.231 e. The highest BCUT2D eigenvalue weighted by Gasteiger charge is 2.43. The fraction of sp³-hybridized carbons (Fsp3) is 0.538. The van der Waals surface area contributed by atoms with Crippen LogP contribution in [0.3, 0.4) is 0 Å². The fourth-order valence-corrected chi connectivity index (χ4v) is 6.51. The summed E-state index contributed by atoms with van der Waals surface area (Å²) in [6.45, 7) is 2.78. The van der Waals surface area contributed by atoms with Crippen molar-refractivity contribution in [2.75, 3.05) is 27.0 Å². The lowest BCUT2D eigenvalue weighted by molar-refractivity contribution is 0.110. The summed E-state index contributed by atoms with van der Waals surface area (Å²) in [5.41, 5.74) is 3.75. The van der Waals surface area contributed by atoms with Crippen molar-refractivity contribution in [3.63, 3.8) is 0 Å². The van der Waals surface area contributed by atoms with Gasteiger partial charge in [0.25, 0.3) is 0 Å². The predicted octanol–water partition coefficient (Wildman–Crippen LogP) is 5.46. The zero-order valence-corrected chi connectivity index (χ0v) is 17.8. The lowest BCUT2D eigenvalue weighted by Crippen LogP contribution is -2.43. The molecule has 0 aromatic heterocycles. The smallest absolute Gasteiger partial charge is 0.231 e. The molecule has 3 fully saturated rings. The van der Waals surface area contributed by atoms with E-state index in [1.54, 1.807) is 7.11 Å². The Balaban J connectivity index is 1.21. The zero-order valence-electron chi connectivity index (χ0n) is 17.8. The van der Waals surface area contributed by atoms with Crippen LogP contribution in [-0.4, -0.2) is 37.9 Å². The first-order valence-electron chi connectivity index (χ1n) is 11.6. The summed E-state index contributed by atoms with van der Waals surface area (Å²) in [4.78, 5) is 2.81. The van der Waals surface area contributed by atoms with E-state index in [0.29, 0.717) is 12.7 Å². The molecule has 2 unspecified atom stereocenters. The maximum absolute atomic E-state index is 5.77. The van der Waals surface area contributed by atoms with Gasteiger partial charge in [0.1, 0.15) is 5.75 Å². The Morgan fingerprint density at radius 2 is 1.67 bits per heavy atom. The number of ether oxygens (including phenoxy) is 3. The highest BCUT2D eigenvalue weighted by atomic mass is 16.7. The van der Waals surface area contributed by atoms with Crippen LogP contribution in [0.2, 0.25) is 0 Å². The van der Waals surface area contributed by atoms with Gasteiger partial charge in [0, 0.05) is 6.04 Å². The number of nitrogens with zero attached hydrogens (tertiary/aromatic N) is 1. The Hall–Kier alpha value is -2.20. The molecule has 2 aliphatic heterocycles. The first-order valence-corrected chi connectivity index (χ1v) is 11.6. The minimum absolute atomic E-state index is 0.313. The lowest BCUT2D eigenvalue weighted by Gasteiger charge is -2.40. The molecule has 158 valence electrons.